The molecule has 0 atom stereocenters. The molecule has 0 aromatic heterocycles. The Labute approximate surface area is 169 Å². The Morgan fingerprint density at radius 2 is 1.62 bits per heavy atom. The van der Waals surface area contributed by atoms with Crippen LogP contribution >= 0.6 is 0 Å². The highest BCUT2D eigenvalue weighted by Crippen LogP contribution is 2.25. The zero-order chi connectivity index (χ0) is 21.4. The summed E-state index contributed by atoms with van der Waals surface area (Å²) in [7, 11) is 4.54. The Balaban J connectivity index is 2.00. The van der Waals surface area contributed by atoms with Gasteiger partial charge in [0.05, 0.1) is 33.4 Å². The molecular formula is C21H25N3O5. The Morgan fingerprint density at radius 3 is 2.21 bits per heavy atom. The van der Waals surface area contributed by atoms with Crippen LogP contribution < -0.4 is 25.0 Å². The van der Waals surface area contributed by atoms with E-state index in [1.54, 1.807) is 31.2 Å². The number of methoxy groups -OCH3 is 3. The third kappa shape index (κ3) is 6.24. The molecule has 2 amide bonds. The summed E-state index contributed by atoms with van der Waals surface area (Å²) < 4.78 is 15.6. The summed E-state index contributed by atoms with van der Waals surface area (Å²) in [6.07, 6.45) is 0.0127. The fourth-order valence-corrected chi connectivity index (χ4v) is 2.54. The first-order valence-electron chi connectivity index (χ1n) is 8.87. The van der Waals surface area contributed by atoms with Gasteiger partial charge in [0.25, 0.3) is 5.91 Å². The largest absolute Gasteiger partial charge is 0.497 e. The van der Waals surface area contributed by atoms with Gasteiger partial charge in [0, 0.05) is 17.3 Å². The van der Waals surface area contributed by atoms with Gasteiger partial charge < -0.3 is 19.5 Å². The summed E-state index contributed by atoms with van der Waals surface area (Å²) >= 11 is 0. The SMILES string of the molecule is COc1cc(OC)cc(C(=O)N/N=C(/C)CC(=O)Nc2cc(C)ccc2OC)c1. The highest BCUT2D eigenvalue weighted by molar-refractivity contribution is 6.06. The van der Waals surface area contributed by atoms with E-state index in [0.717, 1.165) is 5.56 Å². The van der Waals surface area contributed by atoms with Crippen LogP contribution in [0.3, 0.4) is 0 Å². The number of aryl methyl sites for hydroxylation is 1. The van der Waals surface area contributed by atoms with E-state index in [1.165, 1.54) is 21.3 Å². The van der Waals surface area contributed by atoms with E-state index in [-0.39, 0.29) is 12.3 Å². The quantitative estimate of drug-likeness (QED) is 0.525. The zero-order valence-corrected chi connectivity index (χ0v) is 17.2. The molecule has 8 heteroatoms. The van der Waals surface area contributed by atoms with Gasteiger partial charge in [-0.3, -0.25) is 9.59 Å². The first-order valence-corrected chi connectivity index (χ1v) is 8.87. The normalized spacial score (nSPS) is 10.9. The van der Waals surface area contributed by atoms with Crippen LogP contribution in [0.15, 0.2) is 41.5 Å². The molecule has 0 aliphatic rings. The van der Waals surface area contributed by atoms with Crippen molar-refractivity contribution in [1.82, 2.24) is 5.43 Å². The molecule has 0 aliphatic heterocycles. The van der Waals surface area contributed by atoms with Gasteiger partial charge in [0.1, 0.15) is 17.2 Å². The molecule has 0 saturated heterocycles. The molecule has 0 radical (unpaired) electrons. The lowest BCUT2D eigenvalue weighted by Gasteiger charge is -2.11. The van der Waals surface area contributed by atoms with Crippen molar-refractivity contribution < 1.29 is 23.8 Å². The molecule has 8 nitrogen and oxygen atoms in total. The smallest absolute Gasteiger partial charge is 0.271 e. The molecule has 0 heterocycles. The molecule has 2 rings (SSSR count). The molecule has 2 N–H and O–H groups in total. The third-order valence-corrected chi connectivity index (χ3v) is 4.01. The minimum atomic E-state index is -0.442. The van der Waals surface area contributed by atoms with Crippen LogP contribution in [-0.2, 0) is 4.79 Å². The Kier molecular flexibility index (Phi) is 7.59. The molecule has 2 aromatic rings. The van der Waals surface area contributed by atoms with E-state index in [2.05, 4.69) is 15.8 Å². The van der Waals surface area contributed by atoms with Crippen molar-refractivity contribution >= 4 is 23.2 Å². The topological polar surface area (TPSA) is 98.3 Å². The van der Waals surface area contributed by atoms with Crippen LogP contribution in [0.4, 0.5) is 5.69 Å². The number of benzene rings is 2. The maximum absolute atomic E-state index is 12.3. The van der Waals surface area contributed by atoms with E-state index in [4.69, 9.17) is 14.2 Å². The number of hydrogen-bond acceptors (Lipinski definition) is 6. The standard InChI is InChI=1S/C21H25N3O5/c1-13-6-7-19(29-5)18(8-13)22-20(25)9-14(2)23-24-21(26)15-10-16(27-3)12-17(11-15)28-4/h6-8,10-12H,9H2,1-5H3,(H,22,25)(H,24,26)/b23-14-. The van der Waals surface area contributed by atoms with Crippen LogP contribution in [0.5, 0.6) is 17.2 Å². The maximum Gasteiger partial charge on any atom is 0.271 e. The van der Waals surface area contributed by atoms with Crippen molar-refractivity contribution in [2.24, 2.45) is 5.10 Å². The lowest BCUT2D eigenvalue weighted by molar-refractivity contribution is -0.115. The van der Waals surface area contributed by atoms with E-state index in [0.29, 0.717) is 34.2 Å². The van der Waals surface area contributed by atoms with Crippen LogP contribution in [0, 0.1) is 6.92 Å². The first kappa shape index (κ1) is 21.7. The number of hydrogen-bond donors (Lipinski definition) is 2. The van der Waals surface area contributed by atoms with Crippen LogP contribution in [0.1, 0.15) is 29.3 Å². The summed E-state index contributed by atoms with van der Waals surface area (Å²) in [5.74, 6) is 0.830. The van der Waals surface area contributed by atoms with Crippen LogP contribution in [0.25, 0.3) is 0 Å². The van der Waals surface area contributed by atoms with E-state index >= 15 is 0 Å². The number of amides is 2. The van der Waals surface area contributed by atoms with Gasteiger partial charge >= 0.3 is 0 Å². The summed E-state index contributed by atoms with van der Waals surface area (Å²) in [6, 6.07) is 10.3. The number of carbonyl (C=O) groups excluding carboxylic acids is 2. The maximum atomic E-state index is 12.3. The lowest BCUT2D eigenvalue weighted by Crippen LogP contribution is -2.21. The molecule has 29 heavy (non-hydrogen) atoms. The van der Waals surface area contributed by atoms with Crippen molar-refractivity contribution in [1.29, 1.82) is 0 Å². The van der Waals surface area contributed by atoms with Gasteiger partial charge in [-0.2, -0.15) is 5.10 Å². The minimum Gasteiger partial charge on any atom is -0.497 e. The lowest BCUT2D eigenvalue weighted by atomic mass is 10.2. The Hall–Kier alpha value is -3.55. The zero-order valence-electron chi connectivity index (χ0n) is 17.2. The van der Waals surface area contributed by atoms with Crippen molar-refractivity contribution in [3.63, 3.8) is 0 Å². The van der Waals surface area contributed by atoms with E-state index < -0.39 is 5.91 Å². The average molecular weight is 399 g/mol. The van der Waals surface area contributed by atoms with Gasteiger partial charge in [0.2, 0.25) is 5.91 Å². The predicted octanol–water partition coefficient (Wildman–Crippen LogP) is 3.16. The summed E-state index contributed by atoms with van der Waals surface area (Å²) in [4.78, 5) is 24.6. The molecule has 154 valence electrons. The Morgan fingerprint density at radius 1 is 0.966 bits per heavy atom. The van der Waals surface area contributed by atoms with E-state index in [1.807, 2.05) is 19.1 Å². The number of ether oxygens (including phenoxy) is 3. The second-order valence-electron chi connectivity index (χ2n) is 6.32. The van der Waals surface area contributed by atoms with E-state index in [9.17, 15) is 9.59 Å². The summed E-state index contributed by atoms with van der Waals surface area (Å²) in [5, 5.41) is 6.79. The number of nitrogens with one attached hydrogen (secondary N) is 2. The molecule has 0 saturated carbocycles. The average Bonchev–Trinajstić information content (AvgIpc) is 2.71. The van der Waals surface area contributed by atoms with Gasteiger partial charge in [0.15, 0.2) is 0 Å². The number of anilines is 1. The molecule has 0 spiro atoms. The predicted molar refractivity (Wildman–Crippen MR) is 111 cm³/mol. The molecule has 0 unspecified atom stereocenters. The van der Waals surface area contributed by atoms with Crippen molar-refractivity contribution in [2.75, 3.05) is 26.6 Å². The highest BCUT2D eigenvalue weighted by atomic mass is 16.5. The molecular weight excluding hydrogens is 374 g/mol. The molecule has 0 fully saturated rings. The fourth-order valence-electron chi connectivity index (χ4n) is 2.54. The monoisotopic (exact) mass is 399 g/mol. The molecule has 2 aromatic carbocycles. The Bertz CT molecular complexity index is 902. The molecule has 0 bridgehead atoms. The van der Waals surface area contributed by atoms with Gasteiger partial charge in [-0.05, 0) is 43.7 Å². The van der Waals surface area contributed by atoms with Crippen molar-refractivity contribution in [3.8, 4) is 17.2 Å². The van der Waals surface area contributed by atoms with Gasteiger partial charge in [-0.15, -0.1) is 0 Å². The molecule has 0 aliphatic carbocycles. The number of rotatable bonds is 8. The second-order valence-corrected chi connectivity index (χ2v) is 6.32. The minimum absolute atomic E-state index is 0.0127. The third-order valence-electron chi connectivity index (χ3n) is 4.01. The summed E-state index contributed by atoms with van der Waals surface area (Å²) in [6.45, 7) is 3.57. The van der Waals surface area contributed by atoms with Crippen LogP contribution in [0.2, 0.25) is 0 Å². The first-order chi connectivity index (χ1) is 13.9. The second kappa shape index (κ2) is 10.1. The van der Waals surface area contributed by atoms with Gasteiger partial charge in [-0.25, -0.2) is 5.43 Å². The van der Waals surface area contributed by atoms with Crippen molar-refractivity contribution in [2.45, 2.75) is 20.3 Å². The number of nitrogens with zero attached hydrogens (tertiary/aromatic N) is 1. The summed E-state index contributed by atoms with van der Waals surface area (Å²) in [5.41, 5.74) is 4.78. The highest BCUT2D eigenvalue weighted by Gasteiger charge is 2.11. The fraction of sp³-hybridized carbons (Fsp3) is 0.286. The number of hydrazone groups is 1. The number of carbonyl (C=O) groups is 2. The van der Waals surface area contributed by atoms with Crippen molar-refractivity contribution in [3.05, 3.63) is 47.5 Å². The van der Waals surface area contributed by atoms with Crippen LogP contribution in [-0.4, -0.2) is 38.9 Å². The van der Waals surface area contributed by atoms with Gasteiger partial charge in [-0.1, -0.05) is 6.07 Å².